The SMILES string of the molecule is COc1n[nH]c(NC(=O)CN(C)C(=O)c2ccco2)n1. The maximum absolute atomic E-state index is 11.8. The van der Waals surface area contributed by atoms with Crippen LogP contribution in [0, 0.1) is 0 Å². The highest BCUT2D eigenvalue weighted by molar-refractivity contribution is 5.97. The second-order valence-corrected chi connectivity index (χ2v) is 3.86. The van der Waals surface area contributed by atoms with Gasteiger partial charge in [-0.25, -0.2) is 5.10 Å². The highest BCUT2D eigenvalue weighted by atomic mass is 16.5. The first-order valence-corrected chi connectivity index (χ1v) is 5.65. The molecular formula is C11H13N5O4. The molecule has 2 aromatic heterocycles. The summed E-state index contributed by atoms with van der Waals surface area (Å²) in [7, 11) is 2.90. The van der Waals surface area contributed by atoms with Gasteiger partial charge in [-0.05, 0) is 12.1 Å². The van der Waals surface area contributed by atoms with E-state index in [2.05, 4.69) is 20.5 Å². The molecule has 0 atom stereocenters. The molecule has 0 aliphatic heterocycles. The van der Waals surface area contributed by atoms with Crippen molar-refractivity contribution < 1.29 is 18.7 Å². The second kappa shape index (κ2) is 5.87. The Balaban J connectivity index is 1.89. The number of hydrogen-bond acceptors (Lipinski definition) is 6. The Kier molecular flexibility index (Phi) is 3.99. The molecular weight excluding hydrogens is 266 g/mol. The number of H-pyrrole nitrogens is 1. The van der Waals surface area contributed by atoms with E-state index in [9.17, 15) is 9.59 Å². The van der Waals surface area contributed by atoms with Crippen LogP contribution in [0.2, 0.25) is 0 Å². The first-order chi connectivity index (χ1) is 9.60. The van der Waals surface area contributed by atoms with E-state index < -0.39 is 5.91 Å². The molecule has 106 valence electrons. The Labute approximate surface area is 113 Å². The van der Waals surface area contributed by atoms with E-state index in [0.717, 1.165) is 0 Å². The average Bonchev–Trinajstić information content (AvgIpc) is 3.08. The Morgan fingerprint density at radius 3 is 2.95 bits per heavy atom. The van der Waals surface area contributed by atoms with Crippen LogP contribution in [0.3, 0.4) is 0 Å². The summed E-state index contributed by atoms with van der Waals surface area (Å²) in [4.78, 5) is 28.6. The third-order valence-electron chi connectivity index (χ3n) is 2.36. The van der Waals surface area contributed by atoms with Crippen LogP contribution < -0.4 is 10.1 Å². The fourth-order valence-electron chi connectivity index (χ4n) is 1.44. The lowest BCUT2D eigenvalue weighted by Gasteiger charge is -2.14. The van der Waals surface area contributed by atoms with Crippen LogP contribution in [0.5, 0.6) is 6.01 Å². The van der Waals surface area contributed by atoms with Crippen LogP contribution >= 0.6 is 0 Å². The van der Waals surface area contributed by atoms with E-state index in [1.165, 1.54) is 31.4 Å². The number of nitrogens with zero attached hydrogens (tertiary/aromatic N) is 3. The normalized spacial score (nSPS) is 10.1. The second-order valence-electron chi connectivity index (χ2n) is 3.86. The highest BCUT2D eigenvalue weighted by Crippen LogP contribution is 2.06. The van der Waals surface area contributed by atoms with Gasteiger partial charge in [-0.2, -0.15) is 4.98 Å². The third-order valence-corrected chi connectivity index (χ3v) is 2.36. The van der Waals surface area contributed by atoms with E-state index in [0.29, 0.717) is 0 Å². The number of carbonyl (C=O) groups excluding carboxylic acids is 2. The lowest BCUT2D eigenvalue weighted by atomic mass is 10.4. The van der Waals surface area contributed by atoms with Crippen LogP contribution in [0.15, 0.2) is 22.8 Å². The molecule has 0 spiro atoms. The molecule has 9 nitrogen and oxygen atoms in total. The summed E-state index contributed by atoms with van der Waals surface area (Å²) >= 11 is 0. The first kappa shape index (κ1) is 13.6. The van der Waals surface area contributed by atoms with Gasteiger partial charge in [0.15, 0.2) is 5.76 Å². The molecule has 0 aliphatic rings. The number of aromatic amines is 1. The summed E-state index contributed by atoms with van der Waals surface area (Å²) in [5, 5.41) is 8.61. The number of aromatic nitrogens is 3. The van der Waals surface area contributed by atoms with Crippen molar-refractivity contribution in [2.75, 3.05) is 26.0 Å². The van der Waals surface area contributed by atoms with Crippen molar-refractivity contribution in [3.05, 3.63) is 24.2 Å². The van der Waals surface area contributed by atoms with Crippen molar-refractivity contribution in [3.8, 4) is 6.01 Å². The smallest absolute Gasteiger partial charge is 0.336 e. The van der Waals surface area contributed by atoms with Gasteiger partial charge in [0.25, 0.3) is 5.91 Å². The summed E-state index contributed by atoms with van der Waals surface area (Å²) in [6.45, 7) is -0.150. The molecule has 0 aliphatic carbocycles. The zero-order valence-electron chi connectivity index (χ0n) is 10.9. The lowest BCUT2D eigenvalue weighted by Crippen LogP contribution is -2.34. The number of amides is 2. The molecule has 0 bridgehead atoms. The van der Waals surface area contributed by atoms with Crippen molar-refractivity contribution in [1.29, 1.82) is 0 Å². The van der Waals surface area contributed by atoms with Gasteiger partial charge in [-0.15, -0.1) is 5.10 Å². The molecule has 2 amide bonds. The van der Waals surface area contributed by atoms with Gasteiger partial charge in [-0.1, -0.05) is 0 Å². The van der Waals surface area contributed by atoms with Crippen LogP contribution in [0.25, 0.3) is 0 Å². The quantitative estimate of drug-likeness (QED) is 0.803. The molecule has 0 saturated heterocycles. The summed E-state index contributed by atoms with van der Waals surface area (Å²) in [5.41, 5.74) is 0. The first-order valence-electron chi connectivity index (χ1n) is 5.65. The number of anilines is 1. The molecule has 2 heterocycles. The number of ether oxygens (including phenoxy) is 1. The number of rotatable bonds is 5. The summed E-state index contributed by atoms with van der Waals surface area (Å²) < 4.78 is 9.73. The number of methoxy groups -OCH3 is 1. The van der Waals surface area contributed by atoms with Gasteiger partial charge in [0.05, 0.1) is 13.4 Å². The molecule has 20 heavy (non-hydrogen) atoms. The van der Waals surface area contributed by atoms with Crippen LogP contribution in [-0.4, -0.2) is 52.6 Å². The molecule has 0 fully saturated rings. The molecule has 0 saturated carbocycles. The Morgan fingerprint density at radius 1 is 1.55 bits per heavy atom. The molecule has 0 unspecified atom stereocenters. The maximum atomic E-state index is 11.8. The van der Waals surface area contributed by atoms with Crippen molar-refractivity contribution >= 4 is 17.8 Å². The fraction of sp³-hybridized carbons (Fsp3) is 0.273. The largest absolute Gasteiger partial charge is 0.466 e. The number of nitrogens with one attached hydrogen (secondary N) is 2. The number of likely N-dealkylation sites (N-methyl/N-ethyl adjacent to an activating group) is 1. The monoisotopic (exact) mass is 279 g/mol. The number of furan rings is 1. The minimum Gasteiger partial charge on any atom is -0.466 e. The minimum absolute atomic E-state index is 0.111. The van der Waals surface area contributed by atoms with E-state index in [1.807, 2.05) is 0 Å². The molecule has 2 N–H and O–H groups in total. The van der Waals surface area contributed by atoms with Crippen LogP contribution in [0.1, 0.15) is 10.6 Å². The lowest BCUT2D eigenvalue weighted by molar-refractivity contribution is -0.116. The van der Waals surface area contributed by atoms with Crippen molar-refractivity contribution in [1.82, 2.24) is 20.1 Å². The average molecular weight is 279 g/mol. The van der Waals surface area contributed by atoms with Gasteiger partial charge in [0, 0.05) is 7.05 Å². The van der Waals surface area contributed by atoms with E-state index in [4.69, 9.17) is 9.15 Å². The predicted octanol–water partition coefficient (Wildman–Crippen LogP) is 0.117. The van der Waals surface area contributed by atoms with Gasteiger partial charge < -0.3 is 14.1 Å². The van der Waals surface area contributed by atoms with Crippen molar-refractivity contribution in [3.63, 3.8) is 0 Å². The van der Waals surface area contributed by atoms with Gasteiger partial charge >= 0.3 is 6.01 Å². The van der Waals surface area contributed by atoms with Crippen molar-refractivity contribution in [2.45, 2.75) is 0 Å². The third kappa shape index (κ3) is 3.13. The Hall–Kier alpha value is -2.84. The van der Waals surface area contributed by atoms with Crippen LogP contribution in [0.4, 0.5) is 5.95 Å². The number of carbonyl (C=O) groups is 2. The highest BCUT2D eigenvalue weighted by Gasteiger charge is 2.17. The van der Waals surface area contributed by atoms with E-state index >= 15 is 0 Å². The minimum atomic E-state index is -0.425. The Morgan fingerprint density at radius 2 is 2.35 bits per heavy atom. The summed E-state index contributed by atoms with van der Waals surface area (Å²) in [6, 6.07) is 3.24. The maximum Gasteiger partial charge on any atom is 0.336 e. The zero-order valence-corrected chi connectivity index (χ0v) is 10.9. The summed E-state index contributed by atoms with van der Waals surface area (Å²) in [5.74, 6) is -0.501. The molecule has 2 aromatic rings. The molecule has 2 rings (SSSR count). The molecule has 0 radical (unpaired) electrons. The number of hydrogen-bond donors (Lipinski definition) is 2. The summed E-state index contributed by atoms with van der Waals surface area (Å²) in [6.07, 6.45) is 1.39. The topological polar surface area (TPSA) is 113 Å². The fourth-order valence-corrected chi connectivity index (χ4v) is 1.44. The standard InChI is InChI=1S/C11H13N5O4/c1-16(9(18)7-4-3-5-20-7)6-8(17)12-10-13-11(19-2)15-14-10/h3-5H,6H2,1-2H3,(H2,12,13,14,15,17). The van der Waals surface area contributed by atoms with Gasteiger partial charge in [0.1, 0.15) is 6.54 Å². The molecule has 9 heteroatoms. The van der Waals surface area contributed by atoms with Gasteiger partial charge in [-0.3, -0.25) is 14.9 Å². The zero-order chi connectivity index (χ0) is 14.5. The Bertz CT molecular complexity index is 592. The van der Waals surface area contributed by atoms with E-state index in [-0.39, 0.29) is 30.2 Å². The molecule has 0 aromatic carbocycles. The van der Waals surface area contributed by atoms with Crippen molar-refractivity contribution in [2.24, 2.45) is 0 Å². The van der Waals surface area contributed by atoms with Crippen LogP contribution in [-0.2, 0) is 4.79 Å². The predicted molar refractivity (Wildman–Crippen MR) is 67.2 cm³/mol. The van der Waals surface area contributed by atoms with E-state index in [1.54, 1.807) is 6.07 Å². The van der Waals surface area contributed by atoms with Gasteiger partial charge in [0.2, 0.25) is 11.9 Å².